The molecule has 4 atom stereocenters. The SMILES string of the molecule is CC1=CC2CC1C1C(=O)N(c3ccc(-c4cc(C(=O)OCC(=O)c5ccc(Cl)c([N+](=O)[O-])c5)c5cc(Br)cc(C)c5n4)cc3)C(=O)C21. The minimum atomic E-state index is -0.789. The van der Waals surface area contributed by atoms with Crippen LogP contribution in [0.3, 0.4) is 0 Å². The first-order valence-electron chi connectivity index (χ1n) is 14.8. The van der Waals surface area contributed by atoms with E-state index >= 15 is 0 Å². The van der Waals surface area contributed by atoms with Gasteiger partial charge in [-0.2, -0.15) is 0 Å². The number of benzene rings is 3. The van der Waals surface area contributed by atoms with Gasteiger partial charge in [0.1, 0.15) is 5.02 Å². The Morgan fingerprint density at radius 2 is 1.77 bits per heavy atom. The second kappa shape index (κ2) is 11.5. The molecule has 2 heterocycles. The van der Waals surface area contributed by atoms with Crippen molar-refractivity contribution in [3.05, 3.63) is 109 Å². The van der Waals surface area contributed by atoms with Gasteiger partial charge in [-0.1, -0.05) is 51.3 Å². The van der Waals surface area contributed by atoms with E-state index in [0.717, 1.165) is 18.1 Å². The molecule has 4 unspecified atom stereocenters. The summed E-state index contributed by atoms with van der Waals surface area (Å²) in [7, 11) is 0. The van der Waals surface area contributed by atoms with Crippen LogP contribution < -0.4 is 4.90 Å². The van der Waals surface area contributed by atoms with Crippen LogP contribution in [-0.2, 0) is 14.3 Å². The van der Waals surface area contributed by atoms with Crippen LogP contribution in [-0.4, -0.2) is 40.1 Å². The van der Waals surface area contributed by atoms with E-state index in [-0.39, 0.29) is 51.6 Å². The van der Waals surface area contributed by atoms with Gasteiger partial charge < -0.3 is 4.74 Å². The first kappa shape index (κ1) is 30.9. The predicted octanol–water partition coefficient (Wildman–Crippen LogP) is 7.28. The largest absolute Gasteiger partial charge is 0.454 e. The molecule has 0 radical (unpaired) electrons. The standard InChI is InChI=1S/C35H25BrClN3O7/c1-16-9-20-11-23(16)31-30(20)33(42)39(34(31)43)22-6-3-18(4-7-22)27-14-25(24-13-21(36)10-17(2)32(24)38-27)35(44)47-15-29(41)19-5-8-26(37)28(12-19)40(45)46/h3-10,12-14,20,23,30-31H,11,15H2,1-2H3. The topological polar surface area (TPSA) is 137 Å². The van der Waals surface area contributed by atoms with Crippen molar-refractivity contribution >= 4 is 73.4 Å². The molecule has 3 aliphatic rings. The van der Waals surface area contributed by atoms with Gasteiger partial charge in [0.2, 0.25) is 17.6 Å². The lowest BCUT2D eigenvalue weighted by molar-refractivity contribution is -0.384. The first-order valence-corrected chi connectivity index (χ1v) is 16.0. The lowest BCUT2D eigenvalue weighted by Crippen LogP contribution is -2.32. The summed E-state index contributed by atoms with van der Waals surface area (Å²) < 4.78 is 6.12. The lowest BCUT2D eigenvalue weighted by atomic mass is 9.82. The number of amides is 2. The number of Topliss-reactive ketones (excluding diaryl/α,β-unsaturated/α-hetero) is 1. The summed E-state index contributed by atoms with van der Waals surface area (Å²) in [6.45, 7) is 3.22. The van der Waals surface area contributed by atoms with Crippen LogP contribution in [0.15, 0.2) is 76.8 Å². The van der Waals surface area contributed by atoms with Crippen LogP contribution in [0.25, 0.3) is 22.2 Å². The molecule has 4 aromatic rings. The number of pyridine rings is 1. The third-order valence-corrected chi connectivity index (χ3v) is 10.2. The number of nitrogens with zero attached hydrogens (tertiary/aromatic N) is 3. The van der Waals surface area contributed by atoms with Crippen molar-refractivity contribution in [1.29, 1.82) is 0 Å². The number of ketones is 1. The van der Waals surface area contributed by atoms with E-state index < -0.39 is 29.0 Å². The molecule has 236 valence electrons. The smallest absolute Gasteiger partial charge is 0.339 e. The van der Waals surface area contributed by atoms with Gasteiger partial charge in [-0.3, -0.25) is 29.4 Å². The molecule has 2 aliphatic carbocycles. The van der Waals surface area contributed by atoms with E-state index in [0.29, 0.717) is 32.3 Å². The number of anilines is 1. The molecule has 1 saturated carbocycles. The third kappa shape index (κ3) is 5.14. The number of halogens is 2. The predicted molar refractivity (Wildman–Crippen MR) is 177 cm³/mol. The van der Waals surface area contributed by atoms with Gasteiger partial charge in [-0.15, -0.1) is 0 Å². The number of hydrogen-bond donors (Lipinski definition) is 0. The molecule has 0 spiro atoms. The van der Waals surface area contributed by atoms with Gasteiger partial charge in [-0.25, -0.2) is 9.78 Å². The van der Waals surface area contributed by atoms with Crippen molar-refractivity contribution in [1.82, 2.24) is 4.98 Å². The second-order valence-electron chi connectivity index (χ2n) is 12.1. The van der Waals surface area contributed by atoms with E-state index in [9.17, 15) is 29.3 Å². The summed E-state index contributed by atoms with van der Waals surface area (Å²) in [5.74, 6) is -2.15. The minimum Gasteiger partial charge on any atom is -0.454 e. The van der Waals surface area contributed by atoms with Gasteiger partial charge in [-0.05, 0) is 80.1 Å². The summed E-state index contributed by atoms with van der Waals surface area (Å²) in [4.78, 5) is 69.8. The van der Waals surface area contributed by atoms with Gasteiger partial charge >= 0.3 is 5.97 Å². The Morgan fingerprint density at radius 1 is 1.04 bits per heavy atom. The van der Waals surface area contributed by atoms with E-state index in [1.807, 2.05) is 19.9 Å². The molecule has 1 saturated heterocycles. The molecule has 47 heavy (non-hydrogen) atoms. The molecule has 7 rings (SSSR count). The fraction of sp³-hybridized carbons (Fsp3) is 0.229. The number of carbonyl (C=O) groups is 4. The number of aromatic nitrogens is 1. The number of hydrogen-bond acceptors (Lipinski definition) is 8. The average Bonchev–Trinajstić information content (AvgIpc) is 3.69. The second-order valence-corrected chi connectivity index (χ2v) is 13.4. The highest BCUT2D eigenvalue weighted by atomic mass is 79.9. The van der Waals surface area contributed by atoms with Crippen LogP contribution in [0.4, 0.5) is 11.4 Å². The molecule has 1 aromatic heterocycles. The number of allylic oxidation sites excluding steroid dienone is 2. The van der Waals surface area contributed by atoms with Crippen LogP contribution in [0.5, 0.6) is 0 Å². The summed E-state index contributed by atoms with van der Waals surface area (Å²) in [6, 6.07) is 15.7. The van der Waals surface area contributed by atoms with E-state index in [1.165, 1.54) is 22.6 Å². The molecule has 2 amide bonds. The molecular weight excluding hydrogens is 690 g/mol. The summed E-state index contributed by atoms with van der Waals surface area (Å²) >= 11 is 9.33. The quantitative estimate of drug-likeness (QED) is 0.0487. The molecule has 10 nitrogen and oxygen atoms in total. The Morgan fingerprint density at radius 3 is 2.49 bits per heavy atom. The zero-order chi connectivity index (χ0) is 33.3. The third-order valence-electron chi connectivity index (χ3n) is 9.39. The Kier molecular flexibility index (Phi) is 7.56. The number of ether oxygens (including phenoxy) is 1. The lowest BCUT2D eigenvalue weighted by Gasteiger charge is -2.19. The van der Waals surface area contributed by atoms with Crippen molar-refractivity contribution in [2.24, 2.45) is 23.7 Å². The fourth-order valence-corrected chi connectivity index (χ4v) is 7.96. The highest BCUT2D eigenvalue weighted by Gasteiger charge is 2.60. The number of imide groups is 1. The molecule has 2 fully saturated rings. The number of rotatable bonds is 7. The van der Waals surface area contributed by atoms with E-state index in [1.54, 1.807) is 36.4 Å². The van der Waals surface area contributed by atoms with Gasteiger partial charge in [0, 0.05) is 27.1 Å². The number of nitro benzene ring substituents is 1. The molecular formula is C35H25BrClN3O7. The zero-order valence-corrected chi connectivity index (χ0v) is 27.4. The number of nitro groups is 1. The van der Waals surface area contributed by atoms with Crippen molar-refractivity contribution in [3.63, 3.8) is 0 Å². The van der Waals surface area contributed by atoms with Crippen LogP contribution >= 0.6 is 27.5 Å². The van der Waals surface area contributed by atoms with Crippen molar-refractivity contribution in [2.45, 2.75) is 20.3 Å². The van der Waals surface area contributed by atoms with Crippen molar-refractivity contribution < 1.29 is 28.8 Å². The summed E-state index contributed by atoms with van der Waals surface area (Å²) in [5, 5.41) is 11.6. The molecule has 1 aliphatic heterocycles. The highest BCUT2D eigenvalue weighted by Crippen LogP contribution is 2.56. The zero-order valence-electron chi connectivity index (χ0n) is 25.0. The molecule has 2 bridgehead atoms. The minimum absolute atomic E-state index is 0.0227. The maximum atomic E-state index is 13.5. The average molecular weight is 715 g/mol. The summed E-state index contributed by atoms with van der Waals surface area (Å²) in [6.07, 6.45) is 3.00. The van der Waals surface area contributed by atoms with Gasteiger partial charge in [0.05, 0.1) is 39.2 Å². The number of fused-ring (bicyclic) bond motifs is 6. The van der Waals surface area contributed by atoms with E-state index in [2.05, 4.69) is 22.0 Å². The number of carbonyl (C=O) groups excluding carboxylic acids is 4. The molecule has 12 heteroatoms. The van der Waals surface area contributed by atoms with Crippen LogP contribution in [0, 0.1) is 40.7 Å². The Balaban J connectivity index is 1.17. The maximum absolute atomic E-state index is 13.5. The Hall–Kier alpha value is -4.74. The number of aryl methyl sites for hydroxylation is 1. The molecule has 0 N–H and O–H groups in total. The van der Waals surface area contributed by atoms with Gasteiger partial charge in [0.15, 0.2) is 6.61 Å². The van der Waals surface area contributed by atoms with Crippen LogP contribution in [0.1, 0.15) is 39.6 Å². The molecule has 3 aromatic carbocycles. The Labute approximate surface area is 281 Å². The van der Waals surface area contributed by atoms with Crippen molar-refractivity contribution in [3.8, 4) is 11.3 Å². The van der Waals surface area contributed by atoms with E-state index in [4.69, 9.17) is 21.3 Å². The summed E-state index contributed by atoms with van der Waals surface area (Å²) in [5.41, 5.74) is 3.77. The monoisotopic (exact) mass is 713 g/mol. The Bertz CT molecular complexity index is 2110. The van der Waals surface area contributed by atoms with Crippen LogP contribution in [0.2, 0.25) is 5.02 Å². The van der Waals surface area contributed by atoms with Crippen molar-refractivity contribution in [2.75, 3.05) is 11.5 Å². The highest BCUT2D eigenvalue weighted by molar-refractivity contribution is 9.10. The first-order chi connectivity index (χ1) is 22.4. The normalized spacial score (nSPS) is 21.3. The van der Waals surface area contributed by atoms with Gasteiger partial charge in [0.25, 0.3) is 5.69 Å². The number of esters is 1. The maximum Gasteiger partial charge on any atom is 0.339 e. The fourth-order valence-electron chi connectivity index (χ4n) is 7.20.